The summed E-state index contributed by atoms with van der Waals surface area (Å²) in [6, 6.07) is 17.1. The summed E-state index contributed by atoms with van der Waals surface area (Å²) in [4.78, 5) is 8.53. The quantitative estimate of drug-likeness (QED) is 0.626. The van der Waals surface area contributed by atoms with Crippen LogP contribution in [-0.2, 0) is 0 Å². The minimum absolute atomic E-state index is 0.147. The molecule has 2 aromatic carbocycles. The van der Waals surface area contributed by atoms with E-state index < -0.39 is 0 Å². The van der Waals surface area contributed by atoms with Crippen LogP contribution in [0.3, 0.4) is 0 Å². The first kappa shape index (κ1) is 13.7. The van der Waals surface area contributed by atoms with Crippen molar-refractivity contribution in [2.75, 3.05) is 5.32 Å². The van der Waals surface area contributed by atoms with Crippen LogP contribution in [0.5, 0.6) is 0 Å². The molecule has 0 unspecified atom stereocenters. The Labute approximate surface area is 134 Å². The third kappa shape index (κ3) is 2.50. The van der Waals surface area contributed by atoms with Crippen molar-refractivity contribution in [3.8, 4) is 0 Å². The number of benzene rings is 2. The number of aryl methyl sites for hydroxylation is 1. The number of aromatic nitrogens is 4. The highest BCUT2D eigenvalue weighted by molar-refractivity contribution is 5.83. The van der Waals surface area contributed by atoms with E-state index in [2.05, 4.69) is 69.8 Å². The normalized spacial score (nSPS) is 12.6. The van der Waals surface area contributed by atoms with Crippen molar-refractivity contribution in [3.05, 3.63) is 66.1 Å². The number of fused-ring (bicyclic) bond motifs is 2. The molecule has 0 aliphatic heterocycles. The lowest BCUT2D eigenvalue weighted by atomic mass is 10.0. The zero-order valence-electron chi connectivity index (χ0n) is 13.1. The lowest BCUT2D eigenvalue weighted by molar-refractivity contribution is 0.839. The van der Waals surface area contributed by atoms with Gasteiger partial charge in [0.15, 0.2) is 0 Å². The number of nitrogens with one attached hydrogen (secondary N) is 1. The van der Waals surface area contributed by atoms with Crippen molar-refractivity contribution in [2.24, 2.45) is 0 Å². The van der Waals surface area contributed by atoms with Gasteiger partial charge in [-0.1, -0.05) is 36.4 Å². The van der Waals surface area contributed by atoms with Crippen LogP contribution in [0.2, 0.25) is 0 Å². The third-order valence-electron chi connectivity index (χ3n) is 4.02. The molecule has 0 saturated heterocycles. The first-order valence-electron chi connectivity index (χ1n) is 7.63. The van der Waals surface area contributed by atoms with Gasteiger partial charge in [0.1, 0.15) is 12.1 Å². The molecule has 0 radical (unpaired) electrons. The molecule has 1 atom stereocenters. The second-order valence-corrected chi connectivity index (χ2v) is 5.73. The predicted molar refractivity (Wildman–Crippen MR) is 91.5 cm³/mol. The lowest BCUT2D eigenvalue weighted by Gasteiger charge is -2.17. The predicted octanol–water partition coefficient (Wildman–Crippen LogP) is 3.76. The zero-order valence-corrected chi connectivity index (χ0v) is 13.1. The largest absolute Gasteiger partial charge is 0.363 e. The second kappa shape index (κ2) is 5.35. The van der Waals surface area contributed by atoms with Gasteiger partial charge in [-0.25, -0.2) is 4.98 Å². The Hall–Kier alpha value is -2.95. The summed E-state index contributed by atoms with van der Waals surface area (Å²) in [7, 11) is 0. The summed E-state index contributed by atoms with van der Waals surface area (Å²) in [6.45, 7) is 4.10. The SMILES string of the molecule is Cc1cc(N[C@@H](C)c2ccc3ccccc3c2)n2ncnc2n1. The average Bonchev–Trinajstić information content (AvgIpc) is 3.02. The van der Waals surface area contributed by atoms with Crippen LogP contribution in [0, 0.1) is 6.92 Å². The molecule has 1 N–H and O–H groups in total. The highest BCUT2D eigenvalue weighted by Gasteiger charge is 2.10. The van der Waals surface area contributed by atoms with Gasteiger partial charge in [0.25, 0.3) is 5.78 Å². The highest BCUT2D eigenvalue weighted by Crippen LogP contribution is 2.23. The standard InChI is InChI=1S/C18H17N5/c1-12-9-17(23-18(21-12)19-11-20-23)22-13(2)15-8-7-14-5-3-4-6-16(14)10-15/h3-11,13,22H,1-2H3/t13-/m0/s1. The molecular weight excluding hydrogens is 286 g/mol. The zero-order chi connectivity index (χ0) is 15.8. The van der Waals surface area contributed by atoms with E-state index in [0.717, 1.165) is 11.5 Å². The van der Waals surface area contributed by atoms with Gasteiger partial charge in [0, 0.05) is 17.8 Å². The summed E-state index contributed by atoms with van der Waals surface area (Å²) < 4.78 is 1.73. The number of rotatable bonds is 3. The fourth-order valence-corrected chi connectivity index (χ4v) is 2.82. The van der Waals surface area contributed by atoms with Gasteiger partial charge in [0.05, 0.1) is 0 Å². The molecule has 0 aliphatic rings. The Morgan fingerprint density at radius 1 is 1.04 bits per heavy atom. The Morgan fingerprint density at radius 3 is 2.74 bits per heavy atom. The second-order valence-electron chi connectivity index (χ2n) is 5.73. The van der Waals surface area contributed by atoms with E-state index in [-0.39, 0.29) is 6.04 Å². The summed E-state index contributed by atoms with van der Waals surface area (Å²) in [5.74, 6) is 1.50. The summed E-state index contributed by atoms with van der Waals surface area (Å²) in [6.07, 6.45) is 1.52. The van der Waals surface area contributed by atoms with E-state index >= 15 is 0 Å². The molecule has 2 aromatic heterocycles. The number of nitrogens with zero attached hydrogens (tertiary/aromatic N) is 4. The van der Waals surface area contributed by atoms with E-state index in [1.165, 1.54) is 22.7 Å². The lowest BCUT2D eigenvalue weighted by Crippen LogP contribution is -2.11. The van der Waals surface area contributed by atoms with Crippen molar-refractivity contribution in [1.82, 2.24) is 19.6 Å². The van der Waals surface area contributed by atoms with Crippen LogP contribution in [-0.4, -0.2) is 19.6 Å². The highest BCUT2D eigenvalue weighted by atomic mass is 15.4. The maximum Gasteiger partial charge on any atom is 0.254 e. The van der Waals surface area contributed by atoms with E-state index in [0.29, 0.717) is 5.78 Å². The molecule has 2 heterocycles. The van der Waals surface area contributed by atoms with Crippen molar-refractivity contribution in [3.63, 3.8) is 0 Å². The molecule has 0 bridgehead atoms. The molecule has 0 aliphatic carbocycles. The van der Waals surface area contributed by atoms with Crippen LogP contribution in [0.15, 0.2) is 54.9 Å². The molecular formula is C18H17N5. The van der Waals surface area contributed by atoms with Gasteiger partial charge in [-0.05, 0) is 36.2 Å². The van der Waals surface area contributed by atoms with Crippen molar-refractivity contribution >= 4 is 22.4 Å². The minimum Gasteiger partial charge on any atom is -0.363 e. The van der Waals surface area contributed by atoms with Crippen LogP contribution < -0.4 is 5.32 Å². The van der Waals surface area contributed by atoms with Crippen LogP contribution in [0.25, 0.3) is 16.6 Å². The van der Waals surface area contributed by atoms with Gasteiger partial charge in [-0.2, -0.15) is 14.6 Å². The van der Waals surface area contributed by atoms with Gasteiger partial charge < -0.3 is 5.32 Å². The molecule has 4 rings (SSSR count). The molecule has 4 aromatic rings. The summed E-state index contributed by atoms with van der Waals surface area (Å²) in [5.41, 5.74) is 2.14. The maximum absolute atomic E-state index is 4.37. The average molecular weight is 303 g/mol. The molecule has 23 heavy (non-hydrogen) atoms. The topological polar surface area (TPSA) is 55.1 Å². The van der Waals surface area contributed by atoms with Gasteiger partial charge >= 0.3 is 0 Å². The van der Waals surface area contributed by atoms with Gasteiger partial charge in [-0.3, -0.25) is 0 Å². The Balaban J connectivity index is 1.70. The number of anilines is 1. The fraction of sp³-hybridized carbons (Fsp3) is 0.167. The molecule has 0 spiro atoms. The van der Waals surface area contributed by atoms with Crippen molar-refractivity contribution < 1.29 is 0 Å². The first-order chi connectivity index (χ1) is 11.2. The third-order valence-corrected chi connectivity index (χ3v) is 4.02. The minimum atomic E-state index is 0.147. The Morgan fingerprint density at radius 2 is 1.87 bits per heavy atom. The van der Waals surface area contributed by atoms with E-state index in [1.807, 2.05) is 13.0 Å². The van der Waals surface area contributed by atoms with E-state index in [9.17, 15) is 0 Å². The van der Waals surface area contributed by atoms with Gasteiger partial charge in [0.2, 0.25) is 0 Å². The Kier molecular flexibility index (Phi) is 3.19. The molecule has 0 fully saturated rings. The number of hydrogen-bond donors (Lipinski definition) is 1. The molecule has 0 amide bonds. The van der Waals surface area contributed by atoms with Crippen LogP contribution in [0.1, 0.15) is 24.2 Å². The summed E-state index contributed by atoms with van der Waals surface area (Å²) in [5, 5.41) is 10.2. The fourth-order valence-electron chi connectivity index (χ4n) is 2.82. The molecule has 5 nitrogen and oxygen atoms in total. The molecule has 0 saturated carbocycles. The monoisotopic (exact) mass is 303 g/mol. The molecule has 5 heteroatoms. The van der Waals surface area contributed by atoms with E-state index in [1.54, 1.807) is 4.52 Å². The van der Waals surface area contributed by atoms with E-state index in [4.69, 9.17) is 0 Å². The number of hydrogen-bond acceptors (Lipinski definition) is 4. The molecule has 114 valence electrons. The van der Waals surface area contributed by atoms with Crippen LogP contribution in [0.4, 0.5) is 5.82 Å². The maximum atomic E-state index is 4.37. The first-order valence-corrected chi connectivity index (χ1v) is 7.63. The van der Waals surface area contributed by atoms with Crippen molar-refractivity contribution in [1.29, 1.82) is 0 Å². The van der Waals surface area contributed by atoms with Crippen molar-refractivity contribution in [2.45, 2.75) is 19.9 Å². The van der Waals surface area contributed by atoms with Crippen LogP contribution >= 0.6 is 0 Å². The smallest absolute Gasteiger partial charge is 0.254 e. The Bertz CT molecular complexity index is 989. The van der Waals surface area contributed by atoms with Gasteiger partial charge in [-0.15, -0.1) is 0 Å². The summed E-state index contributed by atoms with van der Waals surface area (Å²) >= 11 is 0.